The third kappa shape index (κ3) is 1.81. The summed E-state index contributed by atoms with van der Waals surface area (Å²) in [7, 11) is 0. The third-order valence-electron chi connectivity index (χ3n) is 4.29. The van der Waals surface area contributed by atoms with Crippen molar-refractivity contribution in [1.29, 1.82) is 0 Å². The summed E-state index contributed by atoms with van der Waals surface area (Å²) in [6.45, 7) is 2.23. The Morgan fingerprint density at radius 1 is 1.36 bits per heavy atom. The Labute approximate surface area is 86.2 Å². The van der Waals surface area contributed by atoms with E-state index in [1.54, 1.807) is 0 Å². The van der Waals surface area contributed by atoms with Gasteiger partial charge in [-0.05, 0) is 37.5 Å². The van der Waals surface area contributed by atoms with E-state index in [2.05, 4.69) is 6.92 Å². The van der Waals surface area contributed by atoms with Crippen LogP contribution in [0.3, 0.4) is 0 Å². The lowest BCUT2D eigenvalue weighted by molar-refractivity contribution is -0.0392. The summed E-state index contributed by atoms with van der Waals surface area (Å²) in [5.74, 6) is 1.10. The molecule has 0 aliphatic heterocycles. The maximum atomic E-state index is 14.3. The summed E-state index contributed by atoms with van der Waals surface area (Å²) in [6.07, 6.45) is 7.21. The van der Waals surface area contributed by atoms with E-state index in [9.17, 15) is 4.39 Å². The van der Waals surface area contributed by atoms with Crippen molar-refractivity contribution < 1.29 is 4.39 Å². The van der Waals surface area contributed by atoms with E-state index >= 15 is 0 Å². The minimum atomic E-state index is -0.882. The lowest BCUT2D eigenvalue weighted by Crippen LogP contribution is -2.53. The Morgan fingerprint density at radius 2 is 2.07 bits per heavy atom. The Morgan fingerprint density at radius 3 is 2.64 bits per heavy atom. The van der Waals surface area contributed by atoms with Crippen molar-refractivity contribution >= 4 is 0 Å². The van der Waals surface area contributed by atoms with Gasteiger partial charge in [-0.3, -0.25) is 0 Å². The maximum absolute atomic E-state index is 14.3. The summed E-state index contributed by atoms with van der Waals surface area (Å²) in [5, 5.41) is 0. The molecular weight excluding hydrogens is 177 g/mol. The summed E-state index contributed by atoms with van der Waals surface area (Å²) < 4.78 is 14.3. The molecule has 2 rings (SSSR count). The molecule has 2 unspecified atom stereocenters. The lowest BCUT2D eigenvalue weighted by atomic mass is 9.63. The molecule has 0 bridgehead atoms. The van der Waals surface area contributed by atoms with E-state index < -0.39 is 5.67 Å². The Balaban J connectivity index is 1.91. The quantitative estimate of drug-likeness (QED) is 0.727. The molecule has 2 heteroatoms. The van der Waals surface area contributed by atoms with Crippen LogP contribution >= 0.6 is 0 Å². The number of rotatable bonds is 2. The number of nitrogens with two attached hydrogens (primary N) is 1. The second kappa shape index (κ2) is 3.80. The van der Waals surface area contributed by atoms with Gasteiger partial charge in [-0.15, -0.1) is 0 Å². The van der Waals surface area contributed by atoms with Crippen molar-refractivity contribution in [1.82, 2.24) is 0 Å². The average molecular weight is 199 g/mol. The Kier molecular flexibility index (Phi) is 2.83. The Hall–Kier alpha value is -0.110. The SMILES string of the molecule is CCC1CCCC(C2(F)CC(N)C2)C1. The van der Waals surface area contributed by atoms with Gasteiger partial charge in [-0.1, -0.05) is 26.2 Å². The van der Waals surface area contributed by atoms with Crippen molar-refractivity contribution in [3.05, 3.63) is 0 Å². The van der Waals surface area contributed by atoms with E-state index in [4.69, 9.17) is 5.73 Å². The predicted molar refractivity (Wildman–Crippen MR) is 56.8 cm³/mol. The molecule has 2 saturated carbocycles. The fraction of sp³-hybridized carbons (Fsp3) is 1.00. The molecule has 14 heavy (non-hydrogen) atoms. The van der Waals surface area contributed by atoms with Gasteiger partial charge in [0.15, 0.2) is 0 Å². The molecule has 2 aliphatic carbocycles. The highest BCUT2D eigenvalue weighted by Crippen LogP contribution is 2.48. The van der Waals surface area contributed by atoms with Crippen LogP contribution in [0.4, 0.5) is 4.39 Å². The summed E-state index contributed by atoms with van der Waals surface area (Å²) in [4.78, 5) is 0. The summed E-state index contributed by atoms with van der Waals surface area (Å²) in [5.41, 5.74) is 4.81. The van der Waals surface area contributed by atoms with Crippen LogP contribution in [0.5, 0.6) is 0 Å². The topological polar surface area (TPSA) is 26.0 Å². The fourth-order valence-electron chi connectivity index (χ4n) is 3.28. The molecule has 2 aliphatic rings. The van der Waals surface area contributed by atoms with Gasteiger partial charge >= 0.3 is 0 Å². The molecule has 0 amide bonds. The van der Waals surface area contributed by atoms with Gasteiger partial charge in [0.05, 0.1) is 0 Å². The minimum absolute atomic E-state index is 0.141. The van der Waals surface area contributed by atoms with Gasteiger partial charge in [-0.2, -0.15) is 0 Å². The average Bonchev–Trinajstić information content (AvgIpc) is 2.16. The van der Waals surface area contributed by atoms with Crippen molar-refractivity contribution in [2.45, 2.75) is 63.6 Å². The van der Waals surface area contributed by atoms with Gasteiger partial charge in [0, 0.05) is 6.04 Å². The first-order valence-corrected chi connectivity index (χ1v) is 6.08. The van der Waals surface area contributed by atoms with Crippen LogP contribution in [0.2, 0.25) is 0 Å². The number of halogens is 1. The molecule has 0 heterocycles. The molecule has 0 radical (unpaired) electrons. The van der Waals surface area contributed by atoms with Gasteiger partial charge in [0.1, 0.15) is 5.67 Å². The smallest absolute Gasteiger partial charge is 0.116 e. The molecule has 0 aromatic heterocycles. The van der Waals surface area contributed by atoms with E-state index in [0.717, 1.165) is 18.8 Å². The van der Waals surface area contributed by atoms with Crippen molar-refractivity contribution in [2.24, 2.45) is 17.6 Å². The lowest BCUT2D eigenvalue weighted by Gasteiger charge is -2.47. The molecule has 0 saturated heterocycles. The Bertz CT molecular complexity index is 198. The first-order chi connectivity index (χ1) is 6.64. The highest BCUT2D eigenvalue weighted by Gasteiger charge is 2.49. The minimum Gasteiger partial charge on any atom is -0.327 e. The number of alkyl halides is 1. The maximum Gasteiger partial charge on any atom is 0.116 e. The van der Waals surface area contributed by atoms with Crippen molar-refractivity contribution in [3.63, 3.8) is 0 Å². The van der Waals surface area contributed by atoms with Crippen molar-refractivity contribution in [3.8, 4) is 0 Å². The van der Waals surface area contributed by atoms with E-state index in [1.807, 2.05) is 0 Å². The molecule has 0 spiro atoms. The second-order valence-corrected chi connectivity index (χ2v) is 5.34. The molecule has 1 nitrogen and oxygen atoms in total. The van der Waals surface area contributed by atoms with Crippen LogP contribution < -0.4 is 5.73 Å². The fourth-order valence-corrected chi connectivity index (χ4v) is 3.28. The zero-order chi connectivity index (χ0) is 10.2. The summed E-state index contributed by atoms with van der Waals surface area (Å²) >= 11 is 0. The monoisotopic (exact) mass is 199 g/mol. The van der Waals surface area contributed by atoms with Crippen LogP contribution in [-0.4, -0.2) is 11.7 Å². The van der Waals surface area contributed by atoms with Gasteiger partial charge in [0.2, 0.25) is 0 Å². The standard InChI is InChI=1S/C12H22FN/c1-2-9-4-3-5-10(6-9)12(13)7-11(14)8-12/h9-11H,2-8,14H2,1H3. The zero-order valence-corrected chi connectivity index (χ0v) is 9.14. The third-order valence-corrected chi connectivity index (χ3v) is 4.29. The van der Waals surface area contributed by atoms with Gasteiger partial charge in [-0.25, -0.2) is 4.39 Å². The van der Waals surface area contributed by atoms with E-state index in [1.165, 1.54) is 19.3 Å². The largest absolute Gasteiger partial charge is 0.327 e. The van der Waals surface area contributed by atoms with Crippen LogP contribution in [0, 0.1) is 11.8 Å². The molecule has 82 valence electrons. The van der Waals surface area contributed by atoms with E-state index in [0.29, 0.717) is 18.8 Å². The first-order valence-electron chi connectivity index (χ1n) is 6.08. The van der Waals surface area contributed by atoms with Crippen LogP contribution in [0.15, 0.2) is 0 Å². The number of hydrogen-bond donors (Lipinski definition) is 1. The molecular formula is C12H22FN. The highest BCUT2D eigenvalue weighted by molar-refractivity contribution is 5.02. The first kappa shape index (κ1) is 10.4. The van der Waals surface area contributed by atoms with Crippen molar-refractivity contribution in [2.75, 3.05) is 0 Å². The molecule has 0 aromatic carbocycles. The zero-order valence-electron chi connectivity index (χ0n) is 9.14. The van der Waals surface area contributed by atoms with Gasteiger partial charge in [0.25, 0.3) is 0 Å². The van der Waals surface area contributed by atoms with Crippen LogP contribution in [-0.2, 0) is 0 Å². The number of hydrogen-bond acceptors (Lipinski definition) is 1. The highest BCUT2D eigenvalue weighted by atomic mass is 19.1. The molecule has 2 N–H and O–H groups in total. The van der Waals surface area contributed by atoms with E-state index in [-0.39, 0.29) is 6.04 Å². The van der Waals surface area contributed by atoms with Gasteiger partial charge < -0.3 is 5.73 Å². The van der Waals surface area contributed by atoms with Crippen LogP contribution in [0.25, 0.3) is 0 Å². The molecule has 2 fully saturated rings. The normalized spacial score (nSPS) is 48.6. The predicted octanol–water partition coefficient (Wildman–Crippen LogP) is 3.03. The molecule has 0 aromatic rings. The molecule has 2 atom stereocenters. The summed E-state index contributed by atoms with van der Waals surface area (Å²) in [6, 6.07) is 0.141. The van der Waals surface area contributed by atoms with Crippen LogP contribution in [0.1, 0.15) is 51.9 Å². The second-order valence-electron chi connectivity index (χ2n) is 5.34.